The van der Waals surface area contributed by atoms with Crippen LogP contribution < -0.4 is 5.32 Å². The van der Waals surface area contributed by atoms with Crippen LogP contribution in [0, 0.1) is 6.92 Å². The van der Waals surface area contributed by atoms with Crippen molar-refractivity contribution in [1.29, 1.82) is 0 Å². The zero-order valence-corrected chi connectivity index (χ0v) is 14.7. The van der Waals surface area contributed by atoms with E-state index in [1.54, 1.807) is 35.3 Å². The van der Waals surface area contributed by atoms with Crippen molar-refractivity contribution in [3.63, 3.8) is 0 Å². The molecule has 0 bridgehead atoms. The van der Waals surface area contributed by atoms with Crippen LogP contribution in [-0.2, 0) is 0 Å². The van der Waals surface area contributed by atoms with Gasteiger partial charge in [-0.15, -0.1) is 0 Å². The molecule has 26 heavy (non-hydrogen) atoms. The van der Waals surface area contributed by atoms with Crippen LogP contribution >= 0.6 is 11.6 Å². The summed E-state index contributed by atoms with van der Waals surface area (Å²) in [6, 6.07) is 16.7. The molecule has 1 N–H and O–H groups in total. The second kappa shape index (κ2) is 6.61. The molecule has 0 spiro atoms. The Labute approximate surface area is 155 Å². The minimum absolute atomic E-state index is 0.273. The third kappa shape index (κ3) is 3.05. The highest BCUT2D eigenvalue weighted by Crippen LogP contribution is 2.23. The molecule has 4 aromatic rings. The number of carbonyl (C=O) groups excluding carboxylic acids is 1. The Morgan fingerprint density at radius 3 is 2.81 bits per heavy atom. The molecule has 6 heteroatoms. The van der Waals surface area contributed by atoms with Crippen molar-refractivity contribution < 1.29 is 4.79 Å². The highest BCUT2D eigenvalue weighted by atomic mass is 35.5. The van der Waals surface area contributed by atoms with E-state index in [9.17, 15) is 4.79 Å². The molecule has 4 rings (SSSR count). The number of nitrogens with zero attached hydrogens (tertiary/aromatic N) is 3. The molecule has 0 saturated heterocycles. The van der Waals surface area contributed by atoms with Crippen molar-refractivity contribution >= 4 is 34.0 Å². The molecule has 5 nitrogen and oxygen atoms in total. The quantitative estimate of drug-likeness (QED) is 0.577. The van der Waals surface area contributed by atoms with Gasteiger partial charge in [0, 0.05) is 28.5 Å². The lowest BCUT2D eigenvalue weighted by Crippen LogP contribution is -2.13. The first-order valence-electron chi connectivity index (χ1n) is 8.08. The molecule has 0 unspecified atom stereocenters. The Hall–Kier alpha value is -3.18. The fraction of sp³-hybridized carbons (Fsp3) is 0.0500. The van der Waals surface area contributed by atoms with Crippen molar-refractivity contribution in [3.05, 3.63) is 83.4 Å². The van der Waals surface area contributed by atoms with Gasteiger partial charge in [0.2, 0.25) is 0 Å². The van der Waals surface area contributed by atoms with Crippen molar-refractivity contribution in [1.82, 2.24) is 14.8 Å². The molecular weight excluding hydrogens is 348 g/mol. The zero-order valence-electron chi connectivity index (χ0n) is 14.0. The van der Waals surface area contributed by atoms with Gasteiger partial charge in [-0.1, -0.05) is 29.8 Å². The van der Waals surface area contributed by atoms with Gasteiger partial charge in [0.05, 0.1) is 11.4 Å². The highest BCUT2D eigenvalue weighted by molar-refractivity contribution is 6.30. The maximum atomic E-state index is 12.7. The van der Waals surface area contributed by atoms with Crippen molar-refractivity contribution in [2.45, 2.75) is 6.92 Å². The maximum absolute atomic E-state index is 12.7. The predicted octanol–water partition coefficient (Wildman–Crippen LogP) is 4.63. The van der Waals surface area contributed by atoms with Gasteiger partial charge < -0.3 is 5.32 Å². The fourth-order valence-corrected chi connectivity index (χ4v) is 3.05. The second-order valence-corrected chi connectivity index (χ2v) is 6.36. The number of hydrogen-bond donors (Lipinski definition) is 1. The number of aryl methyl sites for hydroxylation is 1. The van der Waals surface area contributed by atoms with E-state index in [0.29, 0.717) is 16.4 Å². The summed E-state index contributed by atoms with van der Waals surface area (Å²) >= 11 is 6.05. The van der Waals surface area contributed by atoms with Crippen LogP contribution in [0.4, 0.5) is 5.69 Å². The number of fused-ring (bicyclic) bond motifs is 1. The van der Waals surface area contributed by atoms with Crippen molar-refractivity contribution in [3.8, 4) is 5.69 Å². The summed E-state index contributed by atoms with van der Waals surface area (Å²) in [5.41, 5.74) is 2.69. The van der Waals surface area contributed by atoms with E-state index in [1.807, 2.05) is 43.3 Å². The monoisotopic (exact) mass is 362 g/mol. The average Bonchev–Trinajstić information content (AvgIpc) is 3.04. The van der Waals surface area contributed by atoms with Crippen LogP contribution in [0.15, 0.2) is 67.0 Å². The molecule has 0 aliphatic heterocycles. The molecule has 0 aliphatic carbocycles. The lowest BCUT2D eigenvalue weighted by molar-refractivity contribution is 0.102. The first kappa shape index (κ1) is 16.3. The lowest BCUT2D eigenvalue weighted by atomic mass is 10.1. The van der Waals surface area contributed by atoms with Crippen LogP contribution in [0.5, 0.6) is 0 Å². The molecule has 2 aromatic carbocycles. The number of halogens is 1. The number of amides is 1. The smallest absolute Gasteiger partial charge is 0.276 e. The largest absolute Gasteiger partial charge is 0.320 e. The number of nitrogens with one attached hydrogen (secondary N) is 1. The molecule has 0 aliphatic rings. The fourth-order valence-electron chi connectivity index (χ4n) is 2.86. The minimum Gasteiger partial charge on any atom is -0.320 e. The number of benzene rings is 2. The number of carbonyl (C=O) groups is 1. The first-order chi connectivity index (χ1) is 12.6. The number of hydrogen-bond acceptors (Lipinski definition) is 3. The molecule has 0 radical (unpaired) electrons. The minimum atomic E-state index is -0.273. The number of aromatic nitrogens is 3. The second-order valence-electron chi connectivity index (χ2n) is 5.92. The summed E-state index contributed by atoms with van der Waals surface area (Å²) in [7, 11) is 0. The first-order valence-corrected chi connectivity index (χ1v) is 8.46. The van der Waals surface area contributed by atoms with Gasteiger partial charge >= 0.3 is 0 Å². The molecule has 0 fully saturated rings. The summed E-state index contributed by atoms with van der Waals surface area (Å²) in [5.74, 6) is -0.273. The Morgan fingerprint density at radius 2 is 1.96 bits per heavy atom. The Balaban J connectivity index is 1.66. The van der Waals surface area contributed by atoms with Crippen LogP contribution in [-0.4, -0.2) is 20.7 Å². The van der Waals surface area contributed by atoms with Crippen LogP contribution in [0.25, 0.3) is 16.5 Å². The normalized spacial score (nSPS) is 10.8. The summed E-state index contributed by atoms with van der Waals surface area (Å²) in [4.78, 5) is 16.8. The van der Waals surface area contributed by atoms with Gasteiger partial charge in [0.25, 0.3) is 5.91 Å². The third-order valence-corrected chi connectivity index (χ3v) is 4.34. The highest BCUT2D eigenvalue weighted by Gasteiger charge is 2.14. The zero-order chi connectivity index (χ0) is 18.1. The molecule has 1 amide bonds. The van der Waals surface area contributed by atoms with Gasteiger partial charge in [-0.25, -0.2) is 4.68 Å². The van der Waals surface area contributed by atoms with Crippen molar-refractivity contribution in [2.75, 3.05) is 5.32 Å². The van der Waals surface area contributed by atoms with Gasteiger partial charge in [0.1, 0.15) is 0 Å². The summed E-state index contributed by atoms with van der Waals surface area (Å²) in [6.07, 6.45) is 3.46. The summed E-state index contributed by atoms with van der Waals surface area (Å²) < 4.78 is 1.70. The number of rotatable bonds is 3. The molecule has 2 heterocycles. The van der Waals surface area contributed by atoms with Crippen LogP contribution in [0.3, 0.4) is 0 Å². The molecule has 2 aromatic heterocycles. The standard InChI is InChI=1S/C20H15ClN4O/c1-13-10-19(24-25(13)16-6-3-5-15(21)11-16)20(26)23-18-7-2-4-14-8-9-22-12-17(14)18/h2-12H,1H3,(H,23,26). The molecular formula is C20H15ClN4O. The molecule has 128 valence electrons. The van der Waals surface area contributed by atoms with E-state index >= 15 is 0 Å². The van der Waals surface area contributed by atoms with E-state index in [-0.39, 0.29) is 5.91 Å². The Morgan fingerprint density at radius 1 is 1.12 bits per heavy atom. The third-order valence-electron chi connectivity index (χ3n) is 4.10. The Kier molecular flexibility index (Phi) is 4.14. The van der Waals surface area contributed by atoms with E-state index in [2.05, 4.69) is 15.4 Å². The summed E-state index contributed by atoms with van der Waals surface area (Å²) in [6.45, 7) is 1.90. The maximum Gasteiger partial charge on any atom is 0.276 e. The average molecular weight is 363 g/mol. The van der Waals surface area contributed by atoms with Gasteiger partial charge in [0.15, 0.2) is 5.69 Å². The predicted molar refractivity (Wildman–Crippen MR) is 103 cm³/mol. The number of pyridine rings is 1. The van der Waals surface area contributed by atoms with E-state index in [4.69, 9.17) is 11.6 Å². The molecule has 0 atom stereocenters. The van der Waals surface area contributed by atoms with E-state index < -0.39 is 0 Å². The number of anilines is 1. The van der Waals surface area contributed by atoms with E-state index in [1.165, 1.54) is 0 Å². The van der Waals surface area contributed by atoms with Crippen LogP contribution in [0.2, 0.25) is 5.02 Å². The van der Waals surface area contributed by atoms with Crippen LogP contribution in [0.1, 0.15) is 16.2 Å². The SMILES string of the molecule is Cc1cc(C(=O)Nc2cccc3ccncc23)nn1-c1cccc(Cl)c1. The van der Waals surface area contributed by atoms with Gasteiger partial charge in [-0.3, -0.25) is 9.78 Å². The van der Waals surface area contributed by atoms with Gasteiger partial charge in [-0.2, -0.15) is 5.10 Å². The summed E-state index contributed by atoms with van der Waals surface area (Å²) in [5, 5.41) is 9.86. The molecule has 0 saturated carbocycles. The lowest BCUT2D eigenvalue weighted by Gasteiger charge is -2.07. The Bertz CT molecular complexity index is 1110. The topological polar surface area (TPSA) is 59.8 Å². The van der Waals surface area contributed by atoms with Gasteiger partial charge in [-0.05, 0) is 48.7 Å². The van der Waals surface area contributed by atoms with Crippen molar-refractivity contribution in [2.24, 2.45) is 0 Å². The van der Waals surface area contributed by atoms with E-state index in [0.717, 1.165) is 22.2 Å².